The SMILES string of the molecule is CC(=O)c1ccc2c(c1)/C(=C(/NCCCN(C)C)c1ccc(C#N)cc1)C(=O)N2. The first-order chi connectivity index (χ1) is 13.9. The van der Waals surface area contributed by atoms with Gasteiger partial charge in [-0.05, 0) is 69.9 Å². The first-order valence-electron chi connectivity index (χ1n) is 9.51. The van der Waals surface area contributed by atoms with E-state index < -0.39 is 0 Å². The van der Waals surface area contributed by atoms with Gasteiger partial charge < -0.3 is 15.5 Å². The molecule has 0 aromatic heterocycles. The van der Waals surface area contributed by atoms with Crippen molar-refractivity contribution in [2.45, 2.75) is 13.3 Å². The summed E-state index contributed by atoms with van der Waals surface area (Å²) in [5.74, 6) is -0.259. The van der Waals surface area contributed by atoms with Gasteiger partial charge in [0.15, 0.2) is 5.78 Å². The fourth-order valence-corrected chi connectivity index (χ4v) is 3.29. The zero-order valence-corrected chi connectivity index (χ0v) is 16.9. The first-order valence-corrected chi connectivity index (χ1v) is 9.51. The number of nitrogens with zero attached hydrogens (tertiary/aromatic N) is 2. The van der Waals surface area contributed by atoms with Gasteiger partial charge in [0.25, 0.3) is 5.91 Å². The number of rotatable bonds is 7. The van der Waals surface area contributed by atoms with Crippen LogP contribution in [0, 0.1) is 11.3 Å². The molecule has 6 heteroatoms. The van der Waals surface area contributed by atoms with Gasteiger partial charge in [-0.15, -0.1) is 0 Å². The van der Waals surface area contributed by atoms with Gasteiger partial charge in [0.2, 0.25) is 0 Å². The van der Waals surface area contributed by atoms with Gasteiger partial charge in [-0.3, -0.25) is 9.59 Å². The molecule has 0 spiro atoms. The van der Waals surface area contributed by atoms with Crippen LogP contribution in [0.4, 0.5) is 5.69 Å². The summed E-state index contributed by atoms with van der Waals surface area (Å²) in [4.78, 5) is 26.8. The third-order valence-electron chi connectivity index (χ3n) is 4.81. The Balaban J connectivity index is 2.07. The molecule has 1 aliphatic heterocycles. The number of hydrogen-bond donors (Lipinski definition) is 2. The molecule has 29 heavy (non-hydrogen) atoms. The molecule has 0 fully saturated rings. The average molecular weight is 388 g/mol. The van der Waals surface area contributed by atoms with Gasteiger partial charge in [0.1, 0.15) is 0 Å². The van der Waals surface area contributed by atoms with Gasteiger partial charge in [-0.2, -0.15) is 5.26 Å². The Morgan fingerprint density at radius 3 is 2.45 bits per heavy atom. The second kappa shape index (κ2) is 8.72. The van der Waals surface area contributed by atoms with E-state index in [1.807, 2.05) is 26.2 Å². The smallest absolute Gasteiger partial charge is 0.258 e. The van der Waals surface area contributed by atoms with Crippen molar-refractivity contribution in [3.05, 3.63) is 64.7 Å². The van der Waals surface area contributed by atoms with Crippen molar-refractivity contribution >= 4 is 28.6 Å². The molecule has 0 saturated heterocycles. The van der Waals surface area contributed by atoms with Crippen LogP contribution in [0.1, 0.15) is 40.4 Å². The first kappa shape index (κ1) is 20.3. The molecule has 0 aliphatic carbocycles. The van der Waals surface area contributed by atoms with E-state index in [-0.39, 0.29) is 11.7 Å². The number of ketones is 1. The number of hydrogen-bond acceptors (Lipinski definition) is 5. The van der Waals surface area contributed by atoms with Crippen molar-refractivity contribution < 1.29 is 9.59 Å². The van der Waals surface area contributed by atoms with Crippen LogP contribution in [-0.2, 0) is 4.79 Å². The molecule has 0 atom stereocenters. The molecule has 0 unspecified atom stereocenters. The summed E-state index contributed by atoms with van der Waals surface area (Å²) in [5.41, 5.74) is 4.55. The van der Waals surface area contributed by atoms with E-state index >= 15 is 0 Å². The predicted molar refractivity (Wildman–Crippen MR) is 114 cm³/mol. The third kappa shape index (κ3) is 4.53. The van der Waals surface area contributed by atoms with E-state index in [1.54, 1.807) is 30.3 Å². The van der Waals surface area contributed by atoms with Crippen LogP contribution in [0.25, 0.3) is 11.3 Å². The second-order valence-electron chi connectivity index (χ2n) is 7.29. The van der Waals surface area contributed by atoms with Gasteiger partial charge >= 0.3 is 0 Å². The normalized spacial score (nSPS) is 14.2. The monoisotopic (exact) mass is 388 g/mol. The fourth-order valence-electron chi connectivity index (χ4n) is 3.29. The lowest BCUT2D eigenvalue weighted by molar-refractivity contribution is -0.110. The molecule has 0 radical (unpaired) electrons. The Hall–Kier alpha value is -3.43. The molecule has 1 amide bonds. The number of fused-ring (bicyclic) bond motifs is 1. The van der Waals surface area contributed by atoms with Crippen LogP contribution in [0.15, 0.2) is 42.5 Å². The van der Waals surface area contributed by atoms with E-state index in [2.05, 4.69) is 21.6 Å². The Bertz CT molecular complexity index is 1010. The van der Waals surface area contributed by atoms with Crippen LogP contribution in [0.2, 0.25) is 0 Å². The standard InChI is InChI=1S/C23H24N4O2/c1-15(28)18-9-10-20-19(13-18)21(23(29)26-20)22(25-11-4-12-27(2)3)17-7-5-16(14-24)6-8-17/h5-10,13,25H,4,11-12H2,1-3H3,(H,26,29)/b22-21-. The highest BCUT2D eigenvalue weighted by Gasteiger charge is 2.29. The summed E-state index contributed by atoms with van der Waals surface area (Å²) < 4.78 is 0. The van der Waals surface area contributed by atoms with Crippen LogP contribution in [0.3, 0.4) is 0 Å². The molecule has 2 aromatic rings. The number of benzene rings is 2. The van der Waals surface area contributed by atoms with Crippen molar-refractivity contribution in [3.63, 3.8) is 0 Å². The molecule has 0 bridgehead atoms. The molecule has 1 heterocycles. The Morgan fingerprint density at radius 2 is 1.83 bits per heavy atom. The highest BCUT2D eigenvalue weighted by atomic mass is 16.2. The van der Waals surface area contributed by atoms with Crippen LogP contribution in [-0.4, -0.2) is 43.8 Å². The van der Waals surface area contributed by atoms with Crippen LogP contribution in [0.5, 0.6) is 0 Å². The van der Waals surface area contributed by atoms with Crippen LogP contribution < -0.4 is 10.6 Å². The molecule has 0 saturated carbocycles. The lowest BCUT2D eigenvalue weighted by atomic mass is 9.97. The lowest BCUT2D eigenvalue weighted by Gasteiger charge is -2.16. The molecule has 6 nitrogen and oxygen atoms in total. The number of anilines is 1. The molecule has 148 valence electrons. The number of carbonyl (C=O) groups excluding carboxylic acids is 2. The maximum Gasteiger partial charge on any atom is 0.258 e. The van der Waals surface area contributed by atoms with Crippen molar-refractivity contribution in [2.75, 3.05) is 32.5 Å². The minimum Gasteiger partial charge on any atom is -0.384 e. The van der Waals surface area contributed by atoms with Crippen LogP contribution >= 0.6 is 0 Å². The highest BCUT2D eigenvalue weighted by Crippen LogP contribution is 2.36. The minimum atomic E-state index is -0.208. The molecular weight excluding hydrogens is 364 g/mol. The highest BCUT2D eigenvalue weighted by molar-refractivity contribution is 6.36. The van der Waals surface area contributed by atoms with Crippen molar-refractivity contribution in [1.29, 1.82) is 5.26 Å². The topological polar surface area (TPSA) is 85.2 Å². The molecular formula is C23H24N4O2. The largest absolute Gasteiger partial charge is 0.384 e. The summed E-state index contributed by atoms with van der Waals surface area (Å²) in [7, 11) is 4.04. The maximum absolute atomic E-state index is 12.8. The van der Waals surface area contributed by atoms with E-state index in [4.69, 9.17) is 5.26 Å². The average Bonchev–Trinajstić information content (AvgIpc) is 3.03. The number of amides is 1. The minimum absolute atomic E-state index is 0.0506. The van der Waals surface area contributed by atoms with E-state index in [0.29, 0.717) is 40.2 Å². The molecule has 2 aromatic carbocycles. The third-order valence-corrected chi connectivity index (χ3v) is 4.81. The second-order valence-corrected chi connectivity index (χ2v) is 7.29. The fraction of sp³-hybridized carbons (Fsp3) is 0.261. The zero-order valence-electron chi connectivity index (χ0n) is 16.9. The number of carbonyl (C=O) groups is 2. The molecule has 1 aliphatic rings. The van der Waals surface area contributed by atoms with E-state index in [0.717, 1.165) is 18.5 Å². The summed E-state index contributed by atoms with van der Waals surface area (Å²) >= 11 is 0. The van der Waals surface area contributed by atoms with E-state index in [9.17, 15) is 9.59 Å². The van der Waals surface area contributed by atoms with Crippen molar-refractivity contribution in [3.8, 4) is 6.07 Å². The number of nitrogens with one attached hydrogen (secondary N) is 2. The molecule has 3 rings (SSSR count). The van der Waals surface area contributed by atoms with Gasteiger partial charge in [0.05, 0.1) is 22.9 Å². The van der Waals surface area contributed by atoms with Gasteiger partial charge in [-0.25, -0.2) is 0 Å². The molecule has 2 N–H and O–H groups in total. The predicted octanol–water partition coefficient (Wildman–Crippen LogP) is 3.12. The Labute approximate surface area is 170 Å². The summed E-state index contributed by atoms with van der Waals surface area (Å²) in [6, 6.07) is 14.5. The van der Waals surface area contributed by atoms with Gasteiger partial charge in [-0.1, -0.05) is 12.1 Å². The zero-order chi connectivity index (χ0) is 21.0. The van der Waals surface area contributed by atoms with Crippen molar-refractivity contribution in [1.82, 2.24) is 10.2 Å². The van der Waals surface area contributed by atoms with Crippen molar-refractivity contribution in [2.24, 2.45) is 0 Å². The summed E-state index contributed by atoms with van der Waals surface area (Å²) in [6.45, 7) is 3.11. The maximum atomic E-state index is 12.8. The number of nitriles is 1. The number of Topliss-reactive ketones (excluding diaryl/α,β-unsaturated/α-hetero) is 1. The van der Waals surface area contributed by atoms with E-state index in [1.165, 1.54) is 6.92 Å². The van der Waals surface area contributed by atoms with Gasteiger partial charge in [0, 0.05) is 23.4 Å². The quantitative estimate of drug-likeness (QED) is 0.432. The Kier molecular flexibility index (Phi) is 6.10. The Morgan fingerprint density at radius 1 is 1.14 bits per heavy atom. The summed E-state index contributed by atoms with van der Waals surface area (Å²) in [5, 5.41) is 15.4. The summed E-state index contributed by atoms with van der Waals surface area (Å²) in [6.07, 6.45) is 0.905. The lowest BCUT2D eigenvalue weighted by Crippen LogP contribution is -2.22.